The number of sulfonamides is 1. The summed E-state index contributed by atoms with van der Waals surface area (Å²) in [6.07, 6.45) is 2.68. The monoisotopic (exact) mass is 390 g/mol. The molecule has 0 aromatic heterocycles. The topological polar surface area (TPSA) is 66.5 Å². The maximum absolute atomic E-state index is 13.3. The Labute approximate surface area is 159 Å². The van der Waals surface area contributed by atoms with Crippen molar-refractivity contribution in [3.63, 3.8) is 0 Å². The van der Waals surface area contributed by atoms with E-state index in [1.54, 1.807) is 19.1 Å². The molecule has 1 amide bonds. The third-order valence-electron chi connectivity index (χ3n) is 4.88. The number of piperidine rings is 1. The van der Waals surface area contributed by atoms with Crippen LogP contribution in [0, 0.1) is 12.7 Å². The van der Waals surface area contributed by atoms with Crippen LogP contribution in [0.1, 0.15) is 42.1 Å². The Balaban J connectivity index is 1.90. The third-order valence-corrected chi connectivity index (χ3v) is 6.89. The van der Waals surface area contributed by atoms with E-state index in [0.717, 1.165) is 19.3 Å². The Morgan fingerprint density at radius 3 is 2.67 bits per heavy atom. The molecule has 1 heterocycles. The Morgan fingerprint density at radius 2 is 1.96 bits per heavy atom. The van der Waals surface area contributed by atoms with Crippen LogP contribution in [0.2, 0.25) is 0 Å². The van der Waals surface area contributed by atoms with Crippen LogP contribution in [0.4, 0.5) is 10.1 Å². The first-order chi connectivity index (χ1) is 12.8. The van der Waals surface area contributed by atoms with E-state index in [1.165, 1.54) is 34.6 Å². The molecule has 0 aliphatic carbocycles. The molecule has 0 radical (unpaired) electrons. The van der Waals surface area contributed by atoms with Crippen LogP contribution in [0.25, 0.3) is 0 Å². The summed E-state index contributed by atoms with van der Waals surface area (Å²) in [6.45, 7) is 4.13. The smallest absolute Gasteiger partial charge is 0.255 e. The standard InChI is InChI=1S/C20H23FN2O3S/c1-14-9-10-18(27(25,26)23-11-4-3-6-15(23)2)13-19(14)20(24)22-17-8-5-7-16(21)12-17/h5,7-10,12-13,15H,3-4,6,11H2,1-2H3,(H,22,24). The van der Waals surface area contributed by atoms with Crippen molar-refractivity contribution in [2.24, 2.45) is 0 Å². The highest BCUT2D eigenvalue weighted by Crippen LogP contribution is 2.26. The lowest BCUT2D eigenvalue weighted by Gasteiger charge is -2.32. The molecule has 2 aromatic rings. The van der Waals surface area contributed by atoms with Gasteiger partial charge in [0.25, 0.3) is 5.91 Å². The lowest BCUT2D eigenvalue weighted by Crippen LogP contribution is -2.42. The van der Waals surface area contributed by atoms with Gasteiger partial charge in [0.2, 0.25) is 10.0 Å². The van der Waals surface area contributed by atoms with Gasteiger partial charge in [-0.2, -0.15) is 4.31 Å². The first kappa shape index (κ1) is 19.5. The van der Waals surface area contributed by atoms with Crippen molar-refractivity contribution in [1.82, 2.24) is 4.31 Å². The van der Waals surface area contributed by atoms with Gasteiger partial charge in [0.15, 0.2) is 0 Å². The molecule has 1 fully saturated rings. The maximum Gasteiger partial charge on any atom is 0.255 e. The molecule has 1 atom stereocenters. The average molecular weight is 390 g/mol. The van der Waals surface area contributed by atoms with Crippen molar-refractivity contribution in [3.05, 3.63) is 59.4 Å². The van der Waals surface area contributed by atoms with Gasteiger partial charge in [-0.05, 0) is 62.6 Å². The zero-order chi connectivity index (χ0) is 19.6. The van der Waals surface area contributed by atoms with Gasteiger partial charge in [0, 0.05) is 23.8 Å². The van der Waals surface area contributed by atoms with Crippen molar-refractivity contribution in [1.29, 1.82) is 0 Å². The minimum atomic E-state index is -3.67. The summed E-state index contributed by atoms with van der Waals surface area (Å²) in [5.74, 6) is -0.929. The number of amides is 1. The number of benzene rings is 2. The molecule has 27 heavy (non-hydrogen) atoms. The Hall–Kier alpha value is -2.25. The second-order valence-corrected chi connectivity index (χ2v) is 8.79. The summed E-state index contributed by atoms with van der Waals surface area (Å²) < 4.78 is 40.9. The van der Waals surface area contributed by atoms with Gasteiger partial charge in [-0.1, -0.05) is 18.6 Å². The van der Waals surface area contributed by atoms with Crippen molar-refractivity contribution in [3.8, 4) is 0 Å². The van der Waals surface area contributed by atoms with Gasteiger partial charge in [-0.15, -0.1) is 0 Å². The van der Waals surface area contributed by atoms with Gasteiger partial charge in [-0.25, -0.2) is 12.8 Å². The van der Waals surface area contributed by atoms with E-state index in [2.05, 4.69) is 5.32 Å². The normalized spacial score (nSPS) is 18.3. The van der Waals surface area contributed by atoms with Gasteiger partial charge in [0.1, 0.15) is 5.82 Å². The van der Waals surface area contributed by atoms with Gasteiger partial charge in [-0.3, -0.25) is 4.79 Å². The molecule has 7 heteroatoms. The van der Waals surface area contributed by atoms with E-state index in [0.29, 0.717) is 17.8 Å². The lowest BCUT2D eigenvalue weighted by molar-refractivity contribution is 0.102. The number of hydrogen-bond acceptors (Lipinski definition) is 3. The number of carbonyl (C=O) groups is 1. The molecule has 1 aliphatic heterocycles. The molecule has 5 nitrogen and oxygen atoms in total. The summed E-state index contributed by atoms with van der Waals surface area (Å²) in [4.78, 5) is 12.7. The van der Waals surface area contributed by atoms with Crippen molar-refractivity contribution in [2.75, 3.05) is 11.9 Å². The van der Waals surface area contributed by atoms with Crippen LogP contribution in [0.5, 0.6) is 0 Å². The number of nitrogens with one attached hydrogen (secondary N) is 1. The van der Waals surface area contributed by atoms with Crippen LogP contribution in [-0.2, 0) is 10.0 Å². The van der Waals surface area contributed by atoms with E-state index >= 15 is 0 Å². The molecule has 0 spiro atoms. The first-order valence-corrected chi connectivity index (χ1v) is 10.4. The summed E-state index contributed by atoms with van der Waals surface area (Å²) in [5, 5.41) is 2.62. The van der Waals surface area contributed by atoms with Crippen molar-refractivity contribution in [2.45, 2.75) is 44.0 Å². The van der Waals surface area contributed by atoms with Crippen LogP contribution >= 0.6 is 0 Å². The van der Waals surface area contributed by atoms with Crippen LogP contribution in [-0.4, -0.2) is 31.2 Å². The highest BCUT2D eigenvalue weighted by atomic mass is 32.2. The van der Waals surface area contributed by atoms with Gasteiger partial charge in [0.05, 0.1) is 4.90 Å². The first-order valence-electron chi connectivity index (χ1n) is 8.98. The van der Waals surface area contributed by atoms with Gasteiger partial charge < -0.3 is 5.32 Å². The number of aryl methyl sites for hydroxylation is 1. The summed E-state index contributed by atoms with van der Waals surface area (Å²) in [7, 11) is -3.67. The zero-order valence-electron chi connectivity index (χ0n) is 15.4. The lowest BCUT2D eigenvalue weighted by atomic mass is 10.1. The predicted molar refractivity (Wildman–Crippen MR) is 103 cm³/mol. The maximum atomic E-state index is 13.3. The average Bonchev–Trinajstić information content (AvgIpc) is 2.62. The number of rotatable bonds is 4. The zero-order valence-corrected chi connectivity index (χ0v) is 16.2. The van der Waals surface area contributed by atoms with E-state index in [9.17, 15) is 17.6 Å². The number of hydrogen-bond donors (Lipinski definition) is 1. The van der Waals surface area contributed by atoms with Crippen molar-refractivity contribution >= 4 is 21.6 Å². The minimum Gasteiger partial charge on any atom is -0.322 e. The molecule has 2 aromatic carbocycles. The fourth-order valence-corrected chi connectivity index (χ4v) is 5.06. The fourth-order valence-electron chi connectivity index (χ4n) is 3.34. The highest BCUT2D eigenvalue weighted by Gasteiger charge is 2.31. The molecule has 1 unspecified atom stereocenters. The molecular formula is C20H23FN2O3S. The minimum absolute atomic E-state index is 0.0605. The van der Waals surface area contributed by atoms with Crippen LogP contribution in [0.15, 0.2) is 47.4 Å². The van der Waals surface area contributed by atoms with Crippen molar-refractivity contribution < 1.29 is 17.6 Å². The Bertz CT molecular complexity index is 959. The molecule has 3 rings (SSSR count). The van der Waals surface area contributed by atoms with E-state index in [1.807, 2.05) is 6.92 Å². The molecule has 0 bridgehead atoms. The SMILES string of the molecule is Cc1ccc(S(=O)(=O)N2CCCCC2C)cc1C(=O)Nc1cccc(F)c1. The second-order valence-electron chi connectivity index (χ2n) is 6.90. The number of carbonyl (C=O) groups excluding carboxylic acids is 1. The quantitative estimate of drug-likeness (QED) is 0.860. The fraction of sp³-hybridized carbons (Fsp3) is 0.350. The summed E-state index contributed by atoms with van der Waals surface area (Å²) >= 11 is 0. The molecular weight excluding hydrogens is 367 g/mol. The molecule has 144 valence electrons. The molecule has 1 N–H and O–H groups in total. The number of anilines is 1. The number of halogens is 1. The highest BCUT2D eigenvalue weighted by molar-refractivity contribution is 7.89. The number of nitrogens with zero attached hydrogens (tertiary/aromatic N) is 1. The van der Waals surface area contributed by atoms with Crippen LogP contribution in [0.3, 0.4) is 0 Å². The molecule has 0 saturated carbocycles. The van der Waals surface area contributed by atoms with E-state index < -0.39 is 21.7 Å². The van der Waals surface area contributed by atoms with E-state index in [4.69, 9.17) is 0 Å². The Morgan fingerprint density at radius 1 is 1.19 bits per heavy atom. The third kappa shape index (κ3) is 4.20. The predicted octanol–water partition coefficient (Wildman–Crippen LogP) is 3.95. The molecule has 1 aliphatic rings. The van der Waals surface area contributed by atoms with Crippen LogP contribution < -0.4 is 5.32 Å². The van der Waals surface area contributed by atoms with E-state index in [-0.39, 0.29) is 16.5 Å². The summed E-state index contributed by atoms with van der Waals surface area (Å²) in [6, 6.07) is 10.1. The summed E-state index contributed by atoms with van der Waals surface area (Å²) in [5.41, 5.74) is 1.22. The van der Waals surface area contributed by atoms with Gasteiger partial charge >= 0.3 is 0 Å². The molecule has 1 saturated heterocycles. The largest absolute Gasteiger partial charge is 0.322 e. The Kier molecular flexibility index (Phi) is 5.62. The second kappa shape index (κ2) is 7.78.